The number of hydrogen-bond acceptors (Lipinski definition) is 2. The molecule has 2 amide bonds. The number of carbonyl (C=O) groups is 1. The average molecular weight is 322 g/mol. The zero-order valence-electron chi connectivity index (χ0n) is 13.0. The number of urea groups is 1. The van der Waals surface area contributed by atoms with Crippen LogP contribution in [0.5, 0.6) is 0 Å². The van der Waals surface area contributed by atoms with Crippen LogP contribution in [0.3, 0.4) is 0 Å². The summed E-state index contributed by atoms with van der Waals surface area (Å²) in [5.74, 6) is 1.14. The fourth-order valence-electron chi connectivity index (χ4n) is 3.45. The smallest absolute Gasteiger partial charge is 0.380 e. The number of amides is 2. The molecule has 4 nitrogen and oxygen atoms in total. The summed E-state index contributed by atoms with van der Waals surface area (Å²) in [5.41, 5.74) is -2.65. The Hall–Kier alpha value is -0.980. The summed E-state index contributed by atoms with van der Waals surface area (Å²) in [4.78, 5) is 13.4. The first kappa shape index (κ1) is 17.4. The highest BCUT2D eigenvalue weighted by Crippen LogP contribution is 2.38. The molecule has 22 heavy (non-hydrogen) atoms. The number of alkyl halides is 3. The number of nitrogens with zero attached hydrogens (tertiary/aromatic N) is 1. The summed E-state index contributed by atoms with van der Waals surface area (Å²) in [6.07, 6.45) is -0.953. The second kappa shape index (κ2) is 6.64. The highest BCUT2D eigenvalue weighted by Gasteiger charge is 2.54. The molecule has 2 rings (SSSR count). The lowest BCUT2D eigenvalue weighted by Crippen LogP contribution is -2.56. The summed E-state index contributed by atoms with van der Waals surface area (Å²) >= 11 is 0. The third kappa shape index (κ3) is 4.06. The third-order valence-electron chi connectivity index (χ3n) is 4.99. The second-order valence-electron chi connectivity index (χ2n) is 6.84. The van der Waals surface area contributed by atoms with Crippen LogP contribution >= 0.6 is 0 Å². The molecule has 1 aliphatic heterocycles. The number of hydrogen-bond donors (Lipinski definition) is 2. The van der Waals surface area contributed by atoms with Gasteiger partial charge < -0.3 is 15.3 Å². The van der Waals surface area contributed by atoms with Crippen LogP contribution in [0.1, 0.15) is 45.4 Å². The predicted octanol–water partition coefficient (Wildman–Crippen LogP) is 2.91. The molecular formula is C15H25F3N2O2. The van der Waals surface area contributed by atoms with E-state index in [1.54, 1.807) is 0 Å². The summed E-state index contributed by atoms with van der Waals surface area (Å²) in [5, 5.41) is 12.4. The molecule has 0 aromatic rings. The first-order valence-corrected chi connectivity index (χ1v) is 8.03. The van der Waals surface area contributed by atoms with Crippen LogP contribution in [0.15, 0.2) is 0 Å². The number of piperidine rings is 1. The van der Waals surface area contributed by atoms with Crippen molar-refractivity contribution in [2.45, 2.75) is 57.2 Å². The first-order chi connectivity index (χ1) is 10.2. The molecule has 128 valence electrons. The molecular weight excluding hydrogens is 297 g/mol. The Labute approximate surface area is 129 Å². The first-order valence-electron chi connectivity index (χ1n) is 8.03. The van der Waals surface area contributed by atoms with Crippen LogP contribution in [0.25, 0.3) is 0 Å². The summed E-state index contributed by atoms with van der Waals surface area (Å²) in [6.45, 7) is 2.66. The van der Waals surface area contributed by atoms with Crippen LogP contribution in [0.4, 0.5) is 18.0 Å². The van der Waals surface area contributed by atoms with Crippen molar-refractivity contribution in [1.82, 2.24) is 10.2 Å². The molecule has 1 heterocycles. The number of aliphatic hydroxyl groups is 1. The Morgan fingerprint density at radius 2 is 1.95 bits per heavy atom. The van der Waals surface area contributed by atoms with E-state index in [1.165, 1.54) is 17.7 Å². The maximum Gasteiger partial charge on any atom is 0.417 e. The second-order valence-corrected chi connectivity index (χ2v) is 6.84. The Balaban J connectivity index is 1.76. The van der Waals surface area contributed by atoms with E-state index in [1.807, 2.05) is 0 Å². The lowest BCUT2D eigenvalue weighted by molar-refractivity contribution is -0.271. The highest BCUT2D eigenvalue weighted by molar-refractivity contribution is 5.74. The van der Waals surface area contributed by atoms with Crippen molar-refractivity contribution >= 4 is 6.03 Å². The van der Waals surface area contributed by atoms with Gasteiger partial charge in [0.05, 0.1) is 0 Å². The van der Waals surface area contributed by atoms with Gasteiger partial charge in [-0.1, -0.05) is 19.8 Å². The van der Waals surface area contributed by atoms with Crippen LogP contribution in [-0.2, 0) is 0 Å². The van der Waals surface area contributed by atoms with Crippen molar-refractivity contribution in [1.29, 1.82) is 0 Å². The lowest BCUT2D eigenvalue weighted by Gasteiger charge is -2.39. The normalized spacial score (nSPS) is 29.2. The third-order valence-corrected chi connectivity index (χ3v) is 4.99. The van der Waals surface area contributed by atoms with E-state index in [2.05, 4.69) is 12.2 Å². The van der Waals surface area contributed by atoms with Crippen molar-refractivity contribution in [2.24, 2.45) is 11.8 Å². The van der Waals surface area contributed by atoms with Gasteiger partial charge in [0.2, 0.25) is 0 Å². The Morgan fingerprint density at radius 3 is 2.50 bits per heavy atom. The quantitative estimate of drug-likeness (QED) is 0.821. The van der Waals surface area contributed by atoms with Gasteiger partial charge in [-0.05, 0) is 24.7 Å². The van der Waals surface area contributed by atoms with Gasteiger partial charge in [0.25, 0.3) is 0 Å². The van der Waals surface area contributed by atoms with E-state index in [0.717, 1.165) is 12.8 Å². The SMILES string of the molecule is CC1CCCC(CNC(=O)N2CCC(O)(C(F)(F)F)CC2)C1. The maximum atomic E-state index is 12.7. The molecule has 1 saturated heterocycles. The van der Waals surface area contributed by atoms with Gasteiger partial charge in [-0.15, -0.1) is 0 Å². The molecule has 1 aliphatic carbocycles. The molecule has 7 heteroatoms. The zero-order chi connectivity index (χ0) is 16.4. The molecule has 0 spiro atoms. The number of rotatable bonds is 2. The molecule has 0 aromatic carbocycles. The van der Waals surface area contributed by atoms with E-state index in [-0.39, 0.29) is 19.1 Å². The standard InChI is InChI=1S/C15H25F3N2O2/c1-11-3-2-4-12(9-11)10-19-13(21)20-7-5-14(22,6-8-20)15(16,17)18/h11-12,22H,2-10H2,1H3,(H,19,21). The van der Waals surface area contributed by atoms with Crippen LogP contribution in [0, 0.1) is 11.8 Å². The molecule has 0 radical (unpaired) electrons. The van der Waals surface area contributed by atoms with Crippen LogP contribution < -0.4 is 5.32 Å². The van der Waals surface area contributed by atoms with Gasteiger partial charge in [-0.25, -0.2) is 4.79 Å². The minimum absolute atomic E-state index is 0.0666. The van der Waals surface area contributed by atoms with Gasteiger partial charge in [0.1, 0.15) is 0 Å². The van der Waals surface area contributed by atoms with Gasteiger partial charge in [-0.3, -0.25) is 0 Å². The van der Waals surface area contributed by atoms with Crippen molar-refractivity contribution in [3.05, 3.63) is 0 Å². The fourth-order valence-corrected chi connectivity index (χ4v) is 3.45. The van der Waals surface area contributed by atoms with E-state index >= 15 is 0 Å². The van der Waals surface area contributed by atoms with Gasteiger partial charge in [-0.2, -0.15) is 13.2 Å². The van der Waals surface area contributed by atoms with E-state index in [4.69, 9.17) is 0 Å². The molecule has 2 N–H and O–H groups in total. The molecule has 0 bridgehead atoms. The molecule has 2 aliphatic rings. The Morgan fingerprint density at radius 1 is 1.32 bits per heavy atom. The van der Waals surface area contributed by atoms with Crippen LogP contribution in [0.2, 0.25) is 0 Å². The summed E-state index contributed by atoms with van der Waals surface area (Å²) in [6, 6.07) is -0.317. The Bertz CT molecular complexity index is 393. The average Bonchev–Trinajstić information content (AvgIpc) is 2.44. The minimum Gasteiger partial charge on any atom is -0.380 e. The topological polar surface area (TPSA) is 52.6 Å². The number of carbonyl (C=O) groups excluding carboxylic acids is 1. The largest absolute Gasteiger partial charge is 0.417 e. The summed E-state index contributed by atoms with van der Waals surface area (Å²) < 4.78 is 38.1. The van der Waals surface area contributed by atoms with E-state index in [9.17, 15) is 23.1 Å². The Kier molecular flexibility index (Phi) is 5.25. The predicted molar refractivity (Wildman–Crippen MR) is 76.3 cm³/mol. The zero-order valence-corrected chi connectivity index (χ0v) is 13.0. The van der Waals surface area contributed by atoms with Crippen molar-refractivity contribution in [2.75, 3.05) is 19.6 Å². The van der Waals surface area contributed by atoms with Crippen molar-refractivity contribution < 1.29 is 23.1 Å². The number of nitrogens with one attached hydrogen (secondary N) is 1. The lowest BCUT2D eigenvalue weighted by atomic mass is 9.82. The number of likely N-dealkylation sites (tertiary alicyclic amines) is 1. The number of halogens is 3. The molecule has 1 saturated carbocycles. The van der Waals surface area contributed by atoms with Crippen molar-refractivity contribution in [3.8, 4) is 0 Å². The monoisotopic (exact) mass is 322 g/mol. The van der Waals surface area contributed by atoms with E-state index < -0.39 is 24.6 Å². The van der Waals surface area contributed by atoms with Gasteiger partial charge in [0.15, 0.2) is 5.60 Å². The minimum atomic E-state index is -4.63. The highest BCUT2D eigenvalue weighted by atomic mass is 19.4. The van der Waals surface area contributed by atoms with Gasteiger partial charge >= 0.3 is 12.2 Å². The van der Waals surface area contributed by atoms with Crippen molar-refractivity contribution in [3.63, 3.8) is 0 Å². The molecule has 2 fully saturated rings. The summed E-state index contributed by atoms with van der Waals surface area (Å²) in [7, 11) is 0. The van der Waals surface area contributed by atoms with Crippen LogP contribution in [-0.4, -0.2) is 47.4 Å². The maximum absolute atomic E-state index is 12.7. The molecule has 2 unspecified atom stereocenters. The molecule has 2 atom stereocenters. The van der Waals surface area contributed by atoms with Gasteiger partial charge in [0, 0.05) is 32.5 Å². The molecule has 0 aromatic heterocycles. The van der Waals surface area contributed by atoms with E-state index in [0.29, 0.717) is 18.4 Å². The fraction of sp³-hybridized carbons (Fsp3) is 0.933.